The summed E-state index contributed by atoms with van der Waals surface area (Å²) in [5.74, 6) is 0.637. The van der Waals surface area contributed by atoms with Gasteiger partial charge in [0.15, 0.2) is 5.82 Å². The zero-order valence-electron chi connectivity index (χ0n) is 8.74. The Morgan fingerprint density at radius 1 is 1.19 bits per heavy atom. The van der Waals surface area contributed by atoms with Crippen LogP contribution in [0.5, 0.6) is 0 Å². The molecule has 0 aliphatic carbocycles. The van der Waals surface area contributed by atoms with Gasteiger partial charge in [-0.3, -0.25) is 0 Å². The third kappa shape index (κ3) is 2.41. The van der Waals surface area contributed by atoms with Gasteiger partial charge >= 0.3 is 0 Å². The van der Waals surface area contributed by atoms with E-state index in [-0.39, 0.29) is 0 Å². The fourth-order valence-electron chi connectivity index (χ4n) is 1.24. The molecule has 2 rings (SSSR count). The molecule has 0 aliphatic heterocycles. The van der Waals surface area contributed by atoms with Gasteiger partial charge in [-0.25, -0.2) is 0 Å². The zero-order valence-corrected chi connectivity index (χ0v) is 9.49. The molecule has 2 aromatic rings. The van der Waals surface area contributed by atoms with Crippen LogP contribution >= 0.6 is 11.6 Å². The van der Waals surface area contributed by atoms with Gasteiger partial charge in [-0.05, 0) is 37.3 Å². The largest absolute Gasteiger partial charge is 0.399 e. The van der Waals surface area contributed by atoms with Crippen molar-refractivity contribution in [2.45, 2.75) is 6.92 Å². The Balaban J connectivity index is 2.26. The Morgan fingerprint density at radius 3 is 2.69 bits per heavy atom. The fourth-order valence-corrected chi connectivity index (χ4v) is 1.41. The van der Waals surface area contributed by atoms with Crippen molar-refractivity contribution in [2.75, 3.05) is 11.1 Å². The minimum Gasteiger partial charge on any atom is -0.399 e. The van der Waals surface area contributed by atoms with Crippen LogP contribution in [0.15, 0.2) is 30.3 Å². The first-order chi connectivity index (χ1) is 7.65. The highest BCUT2D eigenvalue weighted by Crippen LogP contribution is 2.26. The van der Waals surface area contributed by atoms with Gasteiger partial charge in [0, 0.05) is 5.69 Å². The smallest absolute Gasteiger partial charge is 0.153 e. The van der Waals surface area contributed by atoms with Crippen molar-refractivity contribution in [1.29, 1.82) is 0 Å². The summed E-state index contributed by atoms with van der Waals surface area (Å²) in [6, 6.07) is 8.94. The van der Waals surface area contributed by atoms with E-state index >= 15 is 0 Å². The van der Waals surface area contributed by atoms with Gasteiger partial charge < -0.3 is 11.1 Å². The van der Waals surface area contributed by atoms with Crippen LogP contribution in [0, 0.1) is 6.92 Å². The highest BCUT2D eigenvalue weighted by atomic mass is 35.5. The molecule has 0 aliphatic rings. The molecule has 1 aromatic heterocycles. The topological polar surface area (TPSA) is 63.8 Å². The van der Waals surface area contributed by atoms with E-state index in [0.29, 0.717) is 16.5 Å². The number of anilines is 3. The summed E-state index contributed by atoms with van der Waals surface area (Å²) in [5.41, 5.74) is 7.90. The molecule has 1 heterocycles. The number of nitrogens with one attached hydrogen (secondary N) is 1. The predicted molar refractivity (Wildman–Crippen MR) is 65.9 cm³/mol. The van der Waals surface area contributed by atoms with Gasteiger partial charge in [0.1, 0.15) is 0 Å². The van der Waals surface area contributed by atoms with E-state index in [1.54, 1.807) is 18.2 Å². The number of aromatic nitrogens is 2. The minimum atomic E-state index is 0.594. The molecule has 82 valence electrons. The van der Waals surface area contributed by atoms with Crippen LogP contribution < -0.4 is 11.1 Å². The molecule has 0 radical (unpaired) electrons. The number of rotatable bonds is 2. The summed E-state index contributed by atoms with van der Waals surface area (Å²) >= 11 is 6.01. The number of nitrogens with two attached hydrogens (primary N) is 1. The molecule has 0 saturated carbocycles. The van der Waals surface area contributed by atoms with Crippen LogP contribution in [0.25, 0.3) is 0 Å². The first-order valence-corrected chi connectivity index (χ1v) is 5.15. The maximum Gasteiger partial charge on any atom is 0.153 e. The van der Waals surface area contributed by atoms with Crippen molar-refractivity contribution in [2.24, 2.45) is 0 Å². The van der Waals surface area contributed by atoms with E-state index < -0.39 is 0 Å². The maximum absolute atomic E-state index is 6.01. The summed E-state index contributed by atoms with van der Waals surface area (Å²) in [6.45, 7) is 1.88. The quantitative estimate of drug-likeness (QED) is 0.785. The fraction of sp³-hybridized carbons (Fsp3) is 0.0909. The van der Waals surface area contributed by atoms with Crippen molar-refractivity contribution in [3.63, 3.8) is 0 Å². The first-order valence-electron chi connectivity index (χ1n) is 4.77. The predicted octanol–water partition coefficient (Wildman–Crippen LogP) is 2.76. The Kier molecular flexibility index (Phi) is 2.92. The molecule has 0 spiro atoms. The van der Waals surface area contributed by atoms with Crippen molar-refractivity contribution in [1.82, 2.24) is 10.2 Å². The summed E-state index contributed by atoms with van der Waals surface area (Å²) in [6.07, 6.45) is 0. The van der Waals surface area contributed by atoms with E-state index in [9.17, 15) is 0 Å². The van der Waals surface area contributed by atoms with Crippen LogP contribution in [-0.2, 0) is 0 Å². The molecule has 0 amide bonds. The van der Waals surface area contributed by atoms with Gasteiger partial charge in [-0.15, -0.1) is 5.10 Å². The SMILES string of the molecule is Cc1ccc(Nc2cc(N)ccc2Cl)nn1. The van der Waals surface area contributed by atoms with Crippen LogP contribution in [-0.4, -0.2) is 10.2 Å². The first kappa shape index (κ1) is 10.7. The van der Waals surface area contributed by atoms with Crippen LogP contribution in [0.2, 0.25) is 5.02 Å². The molecule has 0 fully saturated rings. The summed E-state index contributed by atoms with van der Waals surface area (Å²) < 4.78 is 0. The molecule has 16 heavy (non-hydrogen) atoms. The van der Waals surface area contributed by atoms with Gasteiger partial charge in [-0.1, -0.05) is 11.6 Å². The third-order valence-corrected chi connectivity index (χ3v) is 2.38. The average Bonchev–Trinajstić information content (AvgIpc) is 2.27. The normalized spacial score (nSPS) is 10.1. The monoisotopic (exact) mass is 234 g/mol. The van der Waals surface area contributed by atoms with Crippen molar-refractivity contribution < 1.29 is 0 Å². The van der Waals surface area contributed by atoms with E-state index in [4.69, 9.17) is 17.3 Å². The molecule has 3 N–H and O–H groups in total. The number of hydrogen-bond donors (Lipinski definition) is 2. The molecule has 1 aromatic carbocycles. The molecule has 0 saturated heterocycles. The third-order valence-electron chi connectivity index (χ3n) is 2.05. The van der Waals surface area contributed by atoms with Gasteiger partial charge in [0.25, 0.3) is 0 Å². The molecular weight excluding hydrogens is 224 g/mol. The number of hydrogen-bond acceptors (Lipinski definition) is 4. The summed E-state index contributed by atoms with van der Waals surface area (Å²) in [7, 11) is 0. The lowest BCUT2D eigenvalue weighted by Crippen LogP contribution is -1.97. The van der Waals surface area contributed by atoms with Gasteiger partial charge in [-0.2, -0.15) is 5.10 Å². The van der Waals surface area contributed by atoms with Crippen molar-refractivity contribution in [3.8, 4) is 0 Å². The zero-order chi connectivity index (χ0) is 11.5. The molecule has 4 nitrogen and oxygen atoms in total. The van der Waals surface area contributed by atoms with E-state index in [1.165, 1.54) is 0 Å². The molecule has 0 bridgehead atoms. The van der Waals surface area contributed by atoms with Crippen LogP contribution in [0.4, 0.5) is 17.2 Å². The second-order valence-electron chi connectivity index (χ2n) is 3.42. The van der Waals surface area contributed by atoms with E-state index in [2.05, 4.69) is 15.5 Å². The molecule has 0 atom stereocenters. The molecule has 0 unspecified atom stereocenters. The summed E-state index contributed by atoms with van der Waals surface area (Å²) in [4.78, 5) is 0. The van der Waals surface area contributed by atoms with Crippen LogP contribution in [0.1, 0.15) is 5.69 Å². The van der Waals surface area contributed by atoms with Crippen molar-refractivity contribution >= 4 is 28.8 Å². The van der Waals surface area contributed by atoms with Gasteiger partial charge in [0.2, 0.25) is 0 Å². The molecular formula is C11H11ClN4. The maximum atomic E-state index is 6.01. The van der Waals surface area contributed by atoms with Gasteiger partial charge in [0.05, 0.1) is 16.4 Å². The summed E-state index contributed by atoms with van der Waals surface area (Å²) in [5, 5.41) is 11.6. The second-order valence-corrected chi connectivity index (χ2v) is 3.83. The number of nitrogen functional groups attached to an aromatic ring is 1. The van der Waals surface area contributed by atoms with Crippen molar-refractivity contribution in [3.05, 3.63) is 41.0 Å². The lowest BCUT2D eigenvalue weighted by molar-refractivity contribution is 0.986. The standard InChI is InChI=1S/C11H11ClN4/c1-7-2-5-11(16-15-7)14-10-6-8(13)3-4-9(10)12/h2-6H,13H2,1H3,(H,14,16). The lowest BCUT2D eigenvalue weighted by atomic mass is 10.3. The Morgan fingerprint density at radius 2 is 2.00 bits per heavy atom. The van der Waals surface area contributed by atoms with Crippen LogP contribution in [0.3, 0.4) is 0 Å². The van der Waals surface area contributed by atoms with E-state index in [0.717, 1.165) is 11.4 Å². The Hall–Kier alpha value is -1.81. The minimum absolute atomic E-state index is 0.594. The lowest BCUT2D eigenvalue weighted by Gasteiger charge is -2.07. The average molecular weight is 235 g/mol. The number of nitrogens with zero attached hydrogens (tertiary/aromatic N) is 2. The molecule has 5 heteroatoms. The highest BCUT2D eigenvalue weighted by Gasteiger charge is 2.02. The number of halogens is 1. The number of aryl methyl sites for hydroxylation is 1. The number of benzene rings is 1. The van der Waals surface area contributed by atoms with E-state index in [1.807, 2.05) is 19.1 Å². The Bertz CT molecular complexity index is 496. The Labute approximate surface area is 98.5 Å². The second kappa shape index (κ2) is 4.37. The highest BCUT2D eigenvalue weighted by molar-refractivity contribution is 6.33.